The maximum absolute atomic E-state index is 11.7. The van der Waals surface area contributed by atoms with Crippen LogP contribution in [0.3, 0.4) is 0 Å². The van der Waals surface area contributed by atoms with E-state index in [1.807, 2.05) is 48.5 Å². The standard InChI is InChI=1S/C10H15ClN2O2.C10H16N2O2.C9H14N2O2.2CH4.B.ClH.H2/c1-4-13-9(10(14)15-5-2)8(6-11)7(3)12-13;1-5-12-9(10(13)14-6-2)7(3)8(4)11-12;1-4-11-8(6-7(3)10-11)9(12)13-5-2;;;;;/h4-6H2,1-3H3;5-6H2,1-4H3;6H,4-5H2,1-3H3;2*1H4;;2*1H/i;;;;;;;1+1. The molecule has 0 aliphatic rings. The number of hydrogen-bond acceptors (Lipinski definition) is 9. The lowest BCUT2D eigenvalue weighted by Gasteiger charge is -2.05. The first kappa shape index (κ1) is 49.6. The number of rotatable bonds is 10. The van der Waals surface area contributed by atoms with E-state index in [1.165, 1.54) is 0 Å². The van der Waals surface area contributed by atoms with Crippen LogP contribution in [0, 0.1) is 27.7 Å². The van der Waals surface area contributed by atoms with Gasteiger partial charge in [0.1, 0.15) is 11.4 Å². The monoisotopic (exact) mass is 690 g/mol. The van der Waals surface area contributed by atoms with Gasteiger partial charge in [0, 0.05) is 40.6 Å². The van der Waals surface area contributed by atoms with Crippen molar-refractivity contribution in [1.29, 1.82) is 0 Å². The highest BCUT2D eigenvalue weighted by molar-refractivity contribution is 6.17. The van der Waals surface area contributed by atoms with Crippen molar-refractivity contribution < 1.29 is 30.0 Å². The summed E-state index contributed by atoms with van der Waals surface area (Å²) in [4.78, 5) is 34.6. The Morgan fingerprint density at radius 2 is 1.11 bits per heavy atom. The van der Waals surface area contributed by atoms with Crippen molar-refractivity contribution in [2.75, 3.05) is 19.8 Å². The van der Waals surface area contributed by atoms with E-state index >= 15 is 0 Å². The Hall–Kier alpha value is -3.32. The van der Waals surface area contributed by atoms with Gasteiger partial charge < -0.3 is 14.2 Å². The molecule has 0 N–H and O–H groups in total. The fraction of sp³-hybridized carbons (Fsp3) is 0.613. The Labute approximate surface area is 290 Å². The number of carbonyl (C=O) groups is 3. The molecule has 15 heteroatoms. The third kappa shape index (κ3) is 13.2. The van der Waals surface area contributed by atoms with Crippen LogP contribution in [0.25, 0.3) is 0 Å². The van der Waals surface area contributed by atoms with Gasteiger partial charge in [0.25, 0.3) is 0 Å². The Balaban J connectivity index is -0.000000179. The summed E-state index contributed by atoms with van der Waals surface area (Å²) in [6, 6.07) is 1.74. The summed E-state index contributed by atoms with van der Waals surface area (Å²) in [5.74, 6) is -0.659. The molecule has 0 unspecified atom stereocenters. The van der Waals surface area contributed by atoms with Crippen LogP contribution in [0.1, 0.15) is 117 Å². The Morgan fingerprint density at radius 3 is 1.54 bits per heavy atom. The highest BCUT2D eigenvalue weighted by atomic mass is 35.5. The first-order valence-electron chi connectivity index (χ1n) is 14.2. The highest BCUT2D eigenvalue weighted by Crippen LogP contribution is 2.17. The number of nitrogens with zero attached hydrogens (tertiary/aromatic N) is 6. The van der Waals surface area contributed by atoms with E-state index in [0.717, 1.165) is 28.2 Å². The molecule has 12 nitrogen and oxygen atoms in total. The van der Waals surface area contributed by atoms with Crippen molar-refractivity contribution in [3.05, 3.63) is 51.4 Å². The fourth-order valence-electron chi connectivity index (χ4n) is 3.95. The molecule has 0 atom stereocenters. The van der Waals surface area contributed by atoms with Crippen molar-refractivity contribution in [3.63, 3.8) is 0 Å². The van der Waals surface area contributed by atoms with Crippen LogP contribution < -0.4 is 0 Å². The van der Waals surface area contributed by atoms with Gasteiger partial charge in [-0.2, -0.15) is 15.3 Å². The molecule has 3 radical (unpaired) electrons. The summed E-state index contributed by atoms with van der Waals surface area (Å²) in [6.07, 6.45) is 0. The van der Waals surface area contributed by atoms with E-state index in [-0.39, 0.29) is 60.9 Å². The molecule has 0 aliphatic heterocycles. The van der Waals surface area contributed by atoms with Crippen molar-refractivity contribution in [2.45, 2.75) is 110 Å². The smallest absolute Gasteiger partial charge is 0.356 e. The zero-order valence-electron chi connectivity index (χ0n) is 27.5. The molecule has 0 saturated carbocycles. The van der Waals surface area contributed by atoms with E-state index in [4.69, 9.17) is 25.8 Å². The highest BCUT2D eigenvalue weighted by Gasteiger charge is 2.21. The maximum Gasteiger partial charge on any atom is 0.356 e. The average Bonchev–Trinajstić information content (AvgIpc) is 3.61. The quantitative estimate of drug-likeness (QED) is 0.0978. The lowest BCUT2D eigenvalue weighted by Crippen LogP contribution is -2.14. The number of ether oxygens (including phenoxy) is 3. The summed E-state index contributed by atoms with van der Waals surface area (Å²) in [7, 11) is 0. The third-order valence-electron chi connectivity index (χ3n) is 6.03. The van der Waals surface area contributed by atoms with Gasteiger partial charge in [-0.25, -0.2) is 14.4 Å². The molecule has 3 aromatic rings. The topological polar surface area (TPSA) is 132 Å². The second-order valence-corrected chi connectivity index (χ2v) is 9.15. The van der Waals surface area contributed by atoms with Crippen molar-refractivity contribution in [3.8, 4) is 0 Å². The van der Waals surface area contributed by atoms with E-state index < -0.39 is 0 Å². The normalized spacial score (nSPS) is 9.37. The number of aromatic nitrogens is 6. The minimum atomic E-state index is -0.351. The van der Waals surface area contributed by atoms with E-state index in [0.29, 0.717) is 56.5 Å². The number of aryl methyl sites for hydroxylation is 6. The molecule has 3 rings (SSSR count). The maximum atomic E-state index is 11.7. The van der Waals surface area contributed by atoms with Gasteiger partial charge in [-0.1, -0.05) is 14.9 Å². The minimum absolute atomic E-state index is 0. The van der Waals surface area contributed by atoms with Gasteiger partial charge >= 0.3 is 17.9 Å². The second kappa shape index (κ2) is 24.9. The lowest BCUT2D eigenvalue weighted by atomic mass is 10.2. The largest absolute Gasteiger partial charge is 0.461 e. The zero-order valence-corrected chi connectivity index (χ0v) is 29.1. The van der Waals surface area contributed by atoms with Crippen molar-refractivity contribution in [2.24, 2.45) is 0 Å². The van der Waals surface area contributed by atoms with E-state index in [1.54, 1.807) is 40.9 Å². The molecule has 0 amide bonds. The summed E-state index contributed by atoms with van der Waals surface area (Å²) < 4.78 is 19.8. The molecular formula is C31H56BCl2N6O6. The fourth-order valence-corrected chi connectivity index (χ4v) is 4.27. The van der Waals surface area contributed by atoms with Gasteiger partial charge in [0.05, 0.1) is 42.8 Å². The molecule has 3 heterocycles. The Morgan fingerprint density at radius 1 is 0.696 bits per heavy atom. The number of hydrogen-bond donors (Lipinski definition) is 0. The molecule has 3 aromatic heterocycles. The minimum Gasteiger partial charge on any atom is -0.461 e. The average molecular weight is 692 g/mol. The predicted molar refractivity (Wildman–Crippen MR) is 189 cm³/mol. The Bertz CT molecular complexity index is 1350. The molecule has 46 heavy (non-hydrogen) atoms. The number of halogens is 2. The second-order valence-electron chi connectivity index (χ2n) is 8.88. The molecule has 0 fully saturated rings. The van der Waals surface area contributed by atoms with Gasteiger partial charge in [0.2, 0.25) is 0 Å². The van der Waals surface area contributed by atoms with Crippen LogP contribution >= 0.6 is 24.0 Å². The number of esters is 3. The van der Waals surface area contributed by atoms with Gasteiger partial charge in [0.15, 0.2) is 5.69 Å². The lowest BCUT2D eigenvalue weighted by molar-refractivity contribution is 0.0501. The SMILES string of the molecule is C.C.CCOC(=O)c1c(C)c(C)nn1CC.CCOC(=O)c1c(CCl)c(C)nn1CC.CCOC(=O)c1cc(C)nn1CC.Cl.[2HH].[B]. The number of carbonyl (C=O) groups excluding carboxylic acids is 3. The third-order valence-corrected chi connectivity index (χ3v) is 6.30. The first-order chi connectivity index (χ1) is 19.9. The van der Waals surface area contributed by atoms with Gasteiger partial charge in [-0.3, -0.25) is 14.0 Å². The molecule has 0 bridgehead atoms. The summed E-state index contributed by atoms with van der Waals surface area (Å²) in [5.41, 5.74) is 5.76. The van der Waals surface area contributed by atoms with Crippen LogP contribution in [-0.4, -0.2) is 75.5 Å². The van der Waals surface area contributed by atoms with Crippen LogP contribution in [0.15, 0.2) is 6.07 Å². The van der Waals surface area contributed by atoms with Crippen LogP contribution in [-0.2, 0) is 39.7 Å². The summed E-state index contributed by atoms with van der Waals surface area (Å²) >= 11 is 5.79. The number of alkyl halides is 1. The molecule has 0 aliphatic carbocycles. The molecule has 0 aromatic carbocycles. The van der Waals surface area contributed by atoms with Crippen LogP contribution in [0.4, 0.5) is 0 Å². The van der Waals surface area contributed by atoms with E-state index in [2.05, 4.69) is 15.3 Å². The van der Waals surface area contributed by atoms with Gasteiger partial charge in [-0.15, -0.1) is 24.0 Å². The Kier molecular flexibility index (Phi) is 26.8. The molecule has 0 saturated heterocycles. The van der Waals surface area contributed by atoms with Crippen molar-refractivity contribution in [1.82, 2.24) is 29.3 Å². The predicted octanol–water partition coefficient (Wildman–Crippen LogP) is 6.77. The van der Waals surface area contributed by atoms with Crippen LogP contribution in [0.2, 0.25) is 0 Å². The van der Waals surface area contributed by atoms with E-state index in [9.17, 15) is 14.4 Å². The van der Waals surface area contributed by atoms with Crippen LogP contribution in [0.5, 0.6) is 0 Å². The first-order valence-corrected chi connectivity index (χ1v) is 14.7. The summed E-state index contributed by atoms with van der Waals surface area (Å²) in [5, 5.41) is 12.6. The molecule has 0 spiro atoms. The zero-order chi connectivity index (χ0) is 32.0. The molecule has 263 valence electrons. The van der Waals surface area contributed by atoms with Crippen molar-refractivity contribution >= 4 is 50.3 Å². The molecular weight excluding hydrogens is 634 g/mol. The summed E-state index contributed by atoms with van der Waals surface area (Å²) in [6.45, 7) is 21.8. The van der Waals surface area contributed by atoms with Gasteiger partial charge in [-0.05, 0) is 75.3 Å².